The molecule has 1 aromatic heterocycles. The van der Waals surface area contributed by atoms with Gasteiger partial charge in [-0.2, -0.15) is 0 Å². The van der Waals surface area contributed by atoms with Gasteiger partial charge in [0.2, 0.25) is 0 Å². The number of hydrogen-bond acceptors (Lipinski definition) is 5. The van der Waals surface area contributed by atoms with Crippen molar-refractivity contribution in [2.24, 2.45) is 5.92 Å². The van der Waals surface area contributed by atoms with E-state index in [9.17, 15) is 9.59 Å². The minimum absolute atomic E-state index is 0.191. The van der Waals surface area contributed by atoms with Gasteiger partial charge in [-0.05, 0) is 55.9 Å². The number of esters is 1. The number of nitrogens with one attached hydrogen (secondary N) is 1. The van der Waals surface area contributed by atoms with Gasteiger partial charge < -0.3 is 10.1 Å². The smallest absolute Gasteiger partial charge is 0.341 e. The van der Waals surface area contributed by atoms with Crippen molar-refractivity contribution in [3.63, 3.8) is 0 Å². The van der Waals surface area contributed by atoms with E-state index in [-0.39, 0.29) is 11.9 Å². The molecule has 150 valence electrons. The number of ether oxygens (including phenoxy) is 1. The number of benzene rings is 1. The normalized spacial score (nSPS) is 16.0. The fourth-order valence-corrected chi connectivity index (χ4v) is 5.71. The lowest BCUT2D eigenvalue weighted by Gasteiger charge is -2.18. The summed E-state index contributed by atoms with van der Waals surface area (Å²) in [5.74, 6) is 0.0619. The lowest BCUT2D eigenvalue weighted by molar-refractivity contribution is 0.0526. The highest BCUT2D eigenvalue weighted by Crippen LogP contribution is 2.40. The maximum atomic E-state index is 12.9. The molecule has 0 saturated heterocycles. The van der Waals surface area contributed by atoms with Gasteiger partial charge in [0, 0.05) is 20.6 Å². The molecule has 1 aromatic carbocycles. The SMILES string of the molecule is CCOC(=O)c1c(NC(=O)c2cccc(SC(C)C)c2)sc2c1CCC(C)C2. The highest BCUT2D eigenvalue weighted by Gasteiger charge is 2.29. The van der Waals surface area contributed by atoms with Crippen molar-refractivity contribution >= 4 is 40.0 Å². The Hall–Kier alpha value is -1.79. The number of carbonyl (C=O) groups is 2. The summed E-state index contributed by atoms with van der Waals surface area (Å²) in [4.78, 5) is 27.8. The summed E-state index contributed by atoms with van der Waals surface area (Å²) < 4.78 is 5.28. The number of thioether (sulfide) groups is 1. The Kier molecular flexibility index (Phi) is 6.83. The average molecular weight is 418 g/mol. The van der Waals surface area contributed by atoms with Crippen LogP contribution >= 0.6 is 23.1 Å². The molecular formula is C22H27NO3S2. The van der Waals surface area contributed by atoms with E-state index in [0.717, 1.165) is 29.7 Å². The first-order valence-electron chi connectivity index (χ1n) is 9.78. The topological polar surface area (TPSA) is 55.4 Å². The molecule has 0 radical (unpaired) electrons. The Bertz CT molecular complexity index is 873. The predicted molar refractivity (Wildman–Crippen MR) is 117 cm³/mol. The molecule has 3 rings (SSSR count). The summed E-state index contributed by atoms with van der Waals surface area (Å²) in [6.07, 6.45) is 2.86. The second-order valence-corrected chi connectivity index (χ2v) is 10.2. The Morgan fingerprint density at radius 3 is 2.86 bits per heavy atom. The second-order valence-electron chi connectivity index (χ2n) is 7.42. The van der Waals surface area contributed by atoms with Crippen molar-refractivity contribution in [1.29, 1.82) is 0 Å². The van der Waals surface area contributed by atoms with E-state index in [0.29, 0.717) is 33.9 Å². The quantitative estimate of drug-likeness (QED) is 0.476. The molecule has 1 aliphatic carbocycles. The number of rotatable bonds is 6. The van der Waals surface area contributed by atoms with Crippen LogP contribution in [0.25, 0.3) is 0 Å². The van der Waals surface area contributed by atoms with Gasteiger partial charge in [0.15, 0.2) is 0 Å². The molecule has 0 aliphatic heterocycles. The van der Waals surface area contributed by atoms with Crippen LogP contribution in [-0.2, 0) is 17.6 Å². The van der Waals surface area contributed by atoms with E-state index >= 15 is 0 Å². The van der Waals surface area contributed by atoms with Gasteiger partial charge in [-0.1, -0.05) is 26.8 Å². The Labute approximate surface area is 175 Å². The van der Waals surface area contributed by atoms with Crippen LogP contribution in [0.5, 0.6) is 0 Å². The lowest BCUT2D eigenvalue weighted by atomic mass is 9.88. The summed E-state index contributed by atoms with van der Waals surface area (Å²) in [5, 5.41) is 4.05. The maximum Gasteiger partial charge on any atom is 0.341 e. The molecule has 1 amide bonds. The number of anilines is 1. The standard InChI is InChI=1S/C22H27NO3S2/c1-5-26-22(25)19-17-10-9-14(4)11-18(17)28-21(19)23-20(24)15-7-6-8-16(12-15)27-13(2)3/h6-8,12-14H,5,9-11H2,1-4H3,(H,23,24). The predicted octanol–water partition coefficient (Wildman–Crippen LogP) is 5.80. The molecule has 1 N–H and O–H groups in total. The van der Waals surface area contributed by atoms with Crippen molar-refractivity contribution in [1.82, 2.24) is 0 Å². The third kappa shape index (κ3) is 4.78. The minimum Gasteiger partial charge on any atom is -0.462 e. The molecule has 1 atom stereocenters. The molecule has 1 heterocycles. The lowest BCUT2D eigenvalue weighted by Crippen LogP contribution is -2.16. The van der Waals surface area contributed by atoms with Gasteiger partial charge in [0.25, 0.3) is 5.91 Å². The van der Waals surface area contributed by atoms with Crippen LogP contribution in [0.15, 0.2) is 29.2 Å². The largest absolute Gasteiger partial charge is 0.462 e. The fraction of sp³-hybridized carbons (Fsp3) is 0.455. The van der Waals surface area contributed by atoms with Crippen LogP contribution in [0.2, 0.25) is 0 Å². The van der Waals surface area contributed by atoms with Crippen molar-refractivity contribution in [3.8, 4) is 0 Å². The second kappa shape index (κ2) is 9.14. The first-order chi connectivity index (χ1) is 13.4. The molecule has 0 fully saturated rings. The van der Waals surface area contributed by atoms with E-state index in [1.54, 1.807) is 24.8 Å². The number of fused-ring (bicyclic) bond motifs is 1. The Balaban J connectivity index is 1.89. The first-order valence-corrected chi connectivity index (χ1v) is 11.5. The fourth-order valence-electron chi connectivity index (χ4n) is 3.42. The van der Waals surface area contributed by atoms with Crippen molar-refractivity contribution in [2.75, 3.05) is 11.9 Å². The summed E-state index contributed by atoms with van der Waals surface area (Å²) in [6.45, 7) is 8.60. The van der Waals surface area contributed by atoms with Crippen LogP contribution in [0.4, 0.5) is 5.00 Å². The summed E-state index contributed by atoms with van der Waals surface area (Å²) in [5.41, 5.74) is 2.20. The zero-order valence-electron chi connectivity index (χ0n) is 16.8. The maximum absolute atomic E-state index is 12.9. The van der Waals surface area contributed by atoms with E-state index in [4.69, 9.17) is 4.74 Å². The zero-order chi connectivity index (χ0) is 20.3. The van der Waals surface area contributed by atoms with E-state index in [1.165, 1.54) is 16.2 Å². The zero-order valence-corrected chi connectivity index (χ0v) is 18.5. The molecule has 6 heteroatoms. The highest BCUT2D eigenvalue weighted by atomic mass is 32.2. The molecule has 2 aromatic rings. The van der Waals surface area contributed by atoms with Gasteiger partial charge in [-0.15, -0.1) is 23.1 Å². The van der Waals surface area contributed by atoms with Crippen LogP contribution in [0.1, 0.15) is 65.3 Å². The van der Waals surface area contributed by atoms with Gasteiger partial charge in [-0.25, -0.2) is 4.79 Å². The minimum atomic E-state index is -0.339. The molecular weight excluding hydrogens is 390 g/mol. The Morgan fingerprint density at radius 1 is 1.36 bits per heavy atom. The van der Waals surface area contributed by atoms with Crippen molar-refractivity contribution in [3.05, 3.63) is 45.8 Å². The first kappa shape index (κ1) is 20.9. The third-order valence-corrected chi connectivity index (χ3v) is 6.85. The summed E-state index contributed by atoms with van der Waals surface area (Å²) >= 11 is 3.24. The number of hydrogen-bond donors (Lipinski definition) is 1. The molecule has 0 saturated carbocycles. The summed E-state index contributed by atoms with van der Waals surface area (Å²) in [6, 6.07) is 7.61. The van der Waals surface area contributed by atoms with Crippen molar-refractivity contribution < 1.29 is 14.3 Å². The average Bonchev–Trinajstić information content (AvgIpc) is 2.98. The molecule has 0 spiro atoms. The van der Waals surface area contributed by atoms with Crippen LogP contribution in [0, 0.1) is 5.92 Å². The summed E-state index contributed by atoms with van der Waals surface area (Å²) in [7, 11) is 0. The van der Waals surface area contributed by atoms with Crippen LogP contribution in [-0.4, -0.2) is 23.7 Å². The highest BCUT2D eigenvalue weighted by molar-refractivity contribution is 7.99. The number of thiophene rings is 1. The van der Waals surface area contributed by atoms with Gasteiger partial charge in [0.05, 0.1) is 12.2 Å². The third-order valence-electron chi connectivity index (χ3n) is 4.69. The van der Waals surface area contributed by atoms with E-state index in [1.807, 2.05) is 18.2 Å². The monoisotopic (exact) mass is 417 g/mol. The van der Waals surface area contributed by atoms with E-state index < -0.39 is 0 Å². The molecule has 1 aliphatic rings. The van der Waals surface area contributed by atoms with Crippen LogP contribution in [0.3, 0.4) is 0 Å². The number of amides is 1. The van der Waals surface area contributed by atoms with E-state index in [2.05, 4.69) is 26.1 Å². The molecule has 28 heavy (non-hydrogen) atoms. The Morgan fingerprint density at radius 2 is 2.14 bits per heavy atom. The number of carbonyl (C=O) groups excluding carboxylic acids is 2. The van der Waals surface area contributed by atoms with Crippen molar-refractivity contribution in [2.45, 2.75) is 57.1 Å². The van der Waals surface area contributed by atoms with Gasteiger partial charge >= 0.3 is 5.97 Å². The van der Waals surface area contributed by atoms with Gasteiger partial charge in [-0.3, -0.25) is 4.79 Å². The molecule has 4 nitrogen and oxygen atoms in total. The molecule has 0 bridgehead atoms. The van der Waals surface area contributed by atoms with Crippen LogP contribution < -0.4 is 5.32 Å². The molecule has 1 unspecified atom stereocenters. The van der Waals surface area contributed by atoms with Gasteiger partial charge in [0.1, 0.15) is 5.00 Å².